The fraction of sp³-hybridized carbons (Fsp3) is 0. The lowest BCUT2D eigenvalue weighted by molar-refractivity contribution is -0.297. The van der Waals surface area contributed by atoms with E-state index in [1.807, 2.05) is 6.07 Å². The van der Waals surface area contributed by atoms with Gasteiger partial charge < -0.3 is 20.0 Å². The molecule has 0 aliphatic carbocycles. The number of anilines is 1. The third-order valence-electron chi connectivity index (χ3n) is 2.73. The number of carbonyl (C=O) groups is 2. The van der Waals surface area contributed by atoms with Gasteiger partial charge in [0.15, 0.2) is 5.75 Å². The molecule has 2 aromatic rings. The Hall–Kier alpha value is -3.59. The van der Waals surface area contributed by atoms with Gasteiger partial charge in [-0.1, -0.05) is 12.1 Å². The number of nitrogens with zero attached hydrogens (tertiary/aromatic N) is 1. The van der Waals surface area contributed by atoms with Gasteiger partial charge in [-0.2, -0.15) is 5.26 Å². The highest BCUT2D eigenvalue weighted by molar-refractivity contribution is 6.02. The zero-order chi connectivity index (χ0) is 16.7. The van der Waals surface area contributed by atoms with Crippen LogP contribution in [0.4, 0.5) is 5.69 Å². The molecule has 0 unspecified atom stereocenters. The van der Waals surface area contributed by atoms with Crippen molar-refractivity contribution in [3.63, 3.8) is 0 Å². The number of hydrogen-bond acceptors (Lipinski definition) is 5. The van der Waals surface area contributed by atoms with Crippen LogP contribution in [0.5, 0.6) is 11.5 Å². The van der Waals surface area contributed by atoms with E-state index in [-0.39, 0.29) is 0 Å². The van der Waals surface area contributed by atoms with Crippen molar-refractivity contribution in [1.29, 1.82) is 5.26 Å². The second kappa shape index (κ2) is 7.43. The van der Waals surface area contributed by atoms with E-state index in [9.17, 15) is 14.7 Å². The van der Waals surface area contributed by atoms with Crippen LogP contribution < -0.4 is 15.2 Å². The monoisotopic (exact) mass is 307 g/mol. The Morgan fingerprint density at radius 3 is 2.43 bits per heavy atom. The molecule has 0 aliphatic heterocycles. The van der Waals surface area contributed by atoms with Crippen LogP contribution in [0, 0.1) is 11.3 Å². The molecule has 0 spiro atoms. The summed E-state index contributed by atoms with van der Waals surface area (Å²) in [6.07, 6.45) is 1.49. The number of nitriles is 1. The molecule has 6 heteroatoms. The summed E-state index contributed by atoms with van der Waals surface area (Å²) >= 11 is 0. The molecule has 0 fully saturated rings. The maximum Gasteiger partial charge on any atom is 0.248 e. The van der Waals surface area contributed by atoms with Crippen molar-refractivity contribution >= 4 is 17.6 Å². The predicted molar refractivity (Wildman–Crippen MR) is 80.4 cm³/mol. The first-order valence-corrected chi connectivity index (χ1v) is 6.55. The summed E-state index contributed by atoms with van der Waals surface area (Å²) in [5.41, 5.74) is 0.885. The molecule has 114 valence electrons. The summed E-state index contributed by atoms with van der Waals surface area (Å²) in [6, 6.07) is 15.2. The van der Waals surface area contributed by atoms with Crippen molar-refractivity contribution in [2.75, 3.05) is 5.32 Å². The molecule has 0 saturated carbocycles. The first-order valence-electron chi connectivity index (χ1n) is 6.55. The standard InChI is InChI=1S/C17H12N2O4/c18-11-12-5-7-13(8-6-12)23-15-4-2-1-3-14(15)19-16(20)9-10-17(21)22/h1-10H,(H,19,20)(H,21,22)/p-1. The van der Waals surface area contributed by atoms with E-state index < -0.39 is 11.9 Å². The Morgan fingerprint density at radius 2 is 1.78 bits per heavy atom. The second-order valence-corrected chi connectivity index (χ2v) is 4.38. The number of carboxylic acid groups (broad SMARTS) is 1. The van der Waals surface area contributed by atoms with Crippen LogP contribution in [0.1, 0.15) is 5.56 Å². The van der Waals surface area contributed by atoms with Gasteiger partial charge in [-0.05, 0) is 42.5 Å². The number of ether oxygens (including phenoxy) is 1. The highest BCUT2D eigenvalue weighted by Gasteiger charge is 2.06. The normalized spacial score (nSPS) is 10.0. The van der Waals surface area contributed by atoms with Crippen LogP contribution in [-0.4, -0.2) is 11.9 Å². The zero-order valence-electron chi connectivity index (χ0n) is 11.9. The van der Waals surface area contributed by atoms with E-state index in [0.717, 1.165) is 6.08 Å². The van der Waals surface area contributed by atoms with Crippen molar-refractivity contribution in [2.45, 2.75) is 0 Å². The molecule has 1 amide bonds. The lowest BCUT2D eigenvalue weighted by Gasteiger charge is -2.11. The topological polar surface area (TPSA) is 102 Å². The van der Waals surface area contributed by atoms with Crippen LogP contribution in [0.3, 0.4) is 0 Å². The van der Waals surface area contributed by atoms with Gasteiger partial charge in [0.05, 0.1) is 23.3 Å². The minimum atomic E-state index is -1.46. The Morgan fingerprint density at radius 1 is 1.09 bits per heavy atom. The van der Waals surface area contributed by atoms with Crippen molar-refractivity contribution in [2.24, 2.45) is 0 Å². The van der Waals surface area contributed by atoms with Gasteiger partial charge in [0.2, 0.25) is 5.91 Å². The Kier molecular flexibility index (Phi) is 5.10. The maximum absolute atomic E-state index is 11.6. The van der Waals surface area contributed by atoms with Gasteiger partial charge in [0, 0.05) is 6.08 Å². The highest BCUT2D eigenvalue weighted by Crippen LogP contribution is 2.29. The largest absolute Gasteiger partial charge is 0.545 e. The average molecular weight is 307 g/mol. The first-order chi connectivity index (χ1) is 11.1. The Balaban J connectivity index is 2.15. The van der Waals surface area contributed by atoms with Crippen LogP contribution in [0.15, 0.2) is 60.7 Å². The van der Waals surface area contributed by atoms with E-state index >= 15 is 0 Å². The van der Waals surface area contributed by atoms with Gasteiger partial charge >= 0.3 is 0 Å². The van der Waals surface area contributed by atoms with E-state index in [2.05, 4.69) is 5.32 Å². The molecule has 1 N–H and O–H groups in total. The number of carboxylic acids is 1. The number of hydrogen-bond donors (Lipinski definition) is 1. The van der Waals surface area contributed by atoms with Crippen LogP contribution >= 0.6 is 0 Å². The van der Waals surface area contributed by atoms with Crippen LogP contribution in [0.25, 0.3) is 0 Å². The molecule has 0 saturated heterocycles. The third kappa shape index (κ3) is 4.72. The summed E-state index contributed by atoms with van der Waals surface area (Å²) < 4.78 is 5.66. The lowest BCUT2D eigenvalue weighted by atomic mass is 10.2. The molecule has 0 bridgehead atoms. The van der Waals surface area contributed by atoms with Gasteiger partial charge in [-0.25, -0.2) is 0 Å². The fourth-order valence-corrected chi connectivity index (χ4v) is 1.70. The van der Waals surface area contributed by atoms with Crippen LogP contribution in [-0.2, 0) is 9.59 Å². The maximum atomic E-state index is 11.6. The minimum Gasteiger partial charge on any atom is -0.545 e. The van der Waals surface area contributed by atoms with Crippen molar-refractivity contribution in [3.8, 4) is 17.6 Å². The Bertz CT molecular complexity index is 789. The number of rotatable bonds is 5. The Labute approximate surface area is 132 Å². The number of carbonyl (C=O) groups excluding carboxylic acids is 2. The molecule has 23 heavy (non-hydrogen) atoms. The molecule has 0 aromatic heterocycles. The summed E-state index contributed by atoms with van der Waals surface area (Å²) in [5.74, 6) is -1.20. The third-order valence-corrected chi connectivity index (χ3v) is 2.73. The molecule has 2 rings (SSSR count). The second-order valence-electron chi connectivity index (χ2n) is 4.38. The summed E-state index contributed by atoms with van der Waals surface area (Å²) in [7, 11) is 0. The molecule has 0 aliphatic rings. The fourth-order valence-electron chi connectivity index (χ4n) is 1.70. The highest BCUT2D eigenvalue weighted by atomic mass is 16.5. The van der Waals surface area contributed by atoms with Crippen molar-refractivity contribution in [1.82, 2.24) is 0 Å². The van der Waals surface area contributed by atoms with E-state index in [0.29, 0.717) is 28.8 Å². The number of benzene rings is 2. The van der Waals surface area contributed by atoms with Gasteiger partial charge in [-0.15, -0.1) is 0 Å². The quantitative estimate of drug-likeness (QED) is 0.845. The van der Waals surface area contributed by atoms with Gasteiger partial charge in [-0.3, -0.25) is 4.79 Å². The van der Waals surface area contributed by atoms with Gasteiger partial charge in [0.1, 0.15) is 5.75 Å². The smallest absolute Gasteiger partial charge is 0.248 e. The number of para-hydroxylation sites is 2. The predicted octanol–water partition coefficient (Wildman–Crippen LogP) is 1.60. The number of nitrogens with one attached hydrogen (secondary N) is 1. The zero-order valence-corrected chi connectivity index (χ0v) is 11.9. The molecule has 0 radical (unpaired) electrons. The van der Waals surface area contributed by atoms with E-state index in [4.69, 9.17) is 10.00 Å². The SMILES string of the molecule is N#Cc1ccc(Oc2ccccc2NC(=O)C=CC(=O)[O-])cc1. The molecule has 6 nitrogen and oxygen atoms in total. The lowest BCUT2D eigenvalue weighted by Crippen LogP contribution is -2.20. The van der Waals surface area contributed by atoms with E-state index in [1.165, 1.54) is 0 Å². The molecule has 2 aromatic carbocycles. The van der Waals surface area contributed by atoms with Crippen molar-refractivity contribution < 1.29 is 19.4 Å². The molecular weight excluding hydrogens is 296 g/mol. The average Bonchev–Trinajstić information content (AvgIpc) is 2.55. The number of amides is 1. The first kappa shape index (κ1) is 15.8. The minimum absolute atomic E-state index is 0.379. The summed E-state index contributed by atoms with van der Waals surface area (Å²) in [5, 5.41) is 21.6. The number of aliphatic carboxylic acids is 1. The molecular formula is C17H11N2O4-. The molecule has 0 heterocycles. The van der Waals surface area contributed by atoms with E-state index in [1.54, 1.807) is 48.5 Å². The van der Waals surface area contributed by atoms with Crippen LogP contribution in [0.2, 0.25) is 0 Å². The summed E-state index contributed by atoms with van der Waals surface area (Å²) in [6.45, 7) is 0. The van der Waals surface area contributed by atoms with Gasteiger partial charge in [0.25, 0.3) is 0 Å². The van der Waals surface area contributed by atoms with Crippen molar-refractivity contribution in [3.05, 3.63) is 66.2 Å². The summed E-state index contributed by atoms with van der Waals surface area (Å²) in [4.78, 5) is 21.9. The molecule has 0 atom stereocenters.